The monoisotopic (exact) mass is 219 g/mol. The van der Waals surface area contributed by atoms with Gasteiger partial charge in [-0.15, -0.1) is 0 Å². The predicted octanol–water partition coefficient (Wildman–Crippen LogP) is 0.189. The fraction of sp³-hybridized carbons (Fsp3) is 0.900. The van der Waals surface area contributed by atoms with E-state index in [1.807, 2.05) is 13.8 Å². The third-order valence-corrected chi connectivity index (χ3v) is 1.69. The molecule has 90 valence electrons. The average Bonchev–Trinajstić information content (AvgIpc) is 2.15. The molecular weight excluding hydrogens is 198 g/mol. The number of esters is 1. The third kappa shape index (κ3) is 8.35. The lowest BCUT2D eigenvalue weighted by Crippen LogP contribution is -2.35. The topological polar surface area (TPSA) is 56.8 Å². The van der Waals surface area contributed by atoms with Crippen LogP contribution in [0, 0.1) is 0 Å². The highest BCUT2D eigenvalue weighted by molar-refractivity contribution is 5.71. The molecule has 1 atom stereocenters. The summed E-state index contributed by atoms with van der Waals surface area (Å²) in [5.41, 5.74) is 0. The van der Waals surface area contributed by atoms with Gasteiger partial charge >= 0.3 is 5.97 Å². The Morgan fingerprint density at radius 2 is 2.00 bits per heavy atom. The normalized spacial score (nSPS) is 12.9. The summed E-state index contributed by atoms with van der Waals surface area (Å²) in [5, 5.41) is 2.95. The quantitative estimate of drug-likeness (QED) is 0.591. The molecule has 0 radical (unpaired) electrons. The zero-order chi connectivity index (χ0) is 11.7. The SMILES string of the molecule is COCC(CNCC(=O)OC(C)C)OC. The van der Waals surface area contributed by atoms with Gasteiger partial charge in [0.2, 0.25) is 0 Å². The molecule has 0 aromatic rings. The first-order valence-electron chi connectivity index (χ1n) is 5.02. The van der Waals surface area contributed by atoms with E-state index in [1.165, 1.54) is 0 Å². The maximum absolute atomic E-state index is 11.1. The van der Waals surface area contributed by atoms with Gasteiger partial charge in [0.25, 0.3) is 0 Å². The van der Waals surface area contributed by atoms with Gasteiger partial charge in [-0.2, -0.15) is 0 Å². The van der Waals surface area contributed by atoms with Crippen LogP contribution >= 0.6 is 0 Å². The molecule has 0 spiro atoms. The van der Waals surface area contributed by atoms with Crippen LogP contribution in [-0.4, -0.2) is 52.1 Å². The van der Waals surface area contributed by atoms with Crippen LogP contribution in [0.4, 0.5) is 0 Å². The van der Waals surface area contributed by atoms with Gasteiger partial charge in [0.15, 0.2) is 0 Å². The number of hydrogen-bond acceptors (Lipinski definition) is 5. The Hall–Kier alpha value is -0.650. The lowest BCUT2D eigenvalue weighted by Gasteiger charge is -2.15. The van der Waals surface area contributed by atoms with Crippen molar-refractivity contribution in [2.75, 3.05) is 33.9 Å². The second-order valence-electron chi connectivity index (χ2n) is 3.48. The molecule has 0 saturated heterocycles. The van der Waals surface area contributed by atoms with Gasteiger partial charge in [0, 0.05) is 20.8 Å². The van der Waals surface area contributed by atoms with Gasteiger partial charge in [-0.05, 0) is 13.8 Å². The molecule has 5 nitrogen and oxygen atoms in total. The minimum absolute atomic E-state index is 0.0400. The minimum Gasteiger partial charge on any atom is -0.462 e. The molecule has 0 amide bonds. The Bertz CT molecular complexity index is 173. The van der Waals surface area contributed by atoms with Crippen molar-refractivity contribution in [1.82, 2.24) is 5.32 Å². The van der Waals surface area contributed by atoms with Crippen LogP contribution in [0.25, 0.3) is 0 Å². The summed E-state index contributed by atoms with van der Waals surface area (Å²) in [6.45, 7) is 4.91. The van der Waals surface area contributed by atoms with E-state index in [-0.39, 0.29) is 24.7 Å². The van der Waals surface area contributed by atoms with Crippen molar-refractivity contribution in [3.05, 3.63) is 0 Å². The Labute approximate surface area is 91.1 Å². The van der Waals surface area contributed by atoms with Crippen molar-refractivity contribution in [3.63, 3.8) is 0 Å². The van der Waals surface area contributed by atoms with E-state index in [1.54, 1.807) is 14.2 Å². The molecule has 1 unspecified atom stereocenters. The molecule has 5 heteroatoms. The Morgan fingerprint density at radius 1 is 1.33 bits per heavy atom. The zero-order valence-electron chi connectivity index (χ0n) is 9.91. The summed E-state index contributed by atoms with van der Waals surface area (Å²) in [4.78, 5) is 11.1. The van der Waals surface area contributed by atoms with E-state index in [9.17, 15) is 4.79 Å². The first-order chi connectivity index (χ1) is 7.10. The van der Waals surface area contributed by atoms with E-state index in [2.05, 4.69) is 5.32 Å². The molecule has 1 N–H and O–H groups in total. The van der Waals surface area contributed by atoms with Crippen LogP contribution in [0.5, 0.6) is 0 Å². The summed E-state index contributed by atoms with van der Waals surface area (Å²) >= 11 is 0. The van der Waals surface area contributed by atoms with E-state index >= 15 is 0 Å². The lowest BCUT2D eigenvalue weighted by atomic mass is 10.3. The molecule has 0 aromatic carbocycles. The molecule has 0 saturated carbocycles. The first kappa shape index (κ1) is 14.3. The van der Waals surface area contributed by atoms with Gasteiger partial charge in [0.1, 0.15) is 0 Å². The van der Waals surface area contributed by atoms with E-state index in [0.29, 0.717) is 13.2 Å². The number of carbonyl (C=O) groups is 1. The molecular formula is C10H21NO4. The molecule has 0 aliphatic heterocycles. The molecule has 0 aliphatic rings. The molecule has 0 aromatic heterocycles. The maximum Gasteiger partial charge on any atom is 0.320 e. The molecule has 0 heterocycles. The molecule has 0 aliphatic carbocycles. The number of methoxy groups -OCH3 is 2. The Morgan fingerprint density at radius 3 is 2.47 bits per heavy atom. The molecule has 15 heavy (non-hydrogen) atoms. The summed E-state index contributed by atoms with van der Waals surface area (Å²) in [6, 6.07) is 0. The number of hydrogen-bond donors (Lipinski definition) is 1. The Balaban J connectivity index is 3.54. The molecule has 0 rings (SSSR count). The van der Waals surface area contributed by atoms with Crippen molar-refractivity contribution >= 4 is 5.97 Å². The van der Waals surface area contributed by atoms with E-state index in [0.717, 1.165) is 0 Å². The lowest BCUT2D eigenvalue weighted by molar-refractivity contribution is -0.146. The summed E-state index contributed by atoms with van der Waals surface area (Å²) < 4.78 is 15.0. The fourth-order valence-corrected chi connectivity index (χ4v) is 1.04. The summed E-state index contributed by atoms with van der Waals surface area (Å²) in [5.74, 6) is -0.253. The van der Waals surface area contributed by atoms with Crippen molar-refractivity contribution in [3.8, 4) is 0 Å². The summed E-state index contributed by atoms with van der Waals surface area (Å²) in [6.07, 6.45) is -0.113. The second kappa shape index (κ2) is 8.64. The van der Waals surface area contributed by atoms with Crippen molar-refractivity contribution in [2.45, 2.75) is 26.1 Å². The minimum atomic E-state index is -0.253. The second-order valence-corrected chi connectivity index (χ2v) is 3.48. The van der Waals surface area contributed by atoms with E-state index < -0.39 is 0 Å². The van der Waals surface area contributed by atoms with Crippen molar-refractivity contribution < 1.29 is 19.0 Å². The van der Waals surface area contributed by atoms with Crippen LogP contribution < -0.4 is 5.32 Å². The van der Waals surface area contributed by atoms with Gasteiger partial charge in [-0.3, -0.25) is 4.79 Å². The van der Waals surface area contributed by atoms with Crippen LogP contribution in [0.3, 0.4) is 0 Å². The highest BCUT2D eigenvalue weighted by Gasteiger charge is 2.09. The van der Waals surface area contributed by atoms with Crippen LogP contribution in [0.15, 0.2) is 0 Å². The maximum atomic E-state index is 11.1. The smallest absolute Gasteiger partial charge is 0.320 e. The standard InChI is InChI=1S/C10H21NO4/c1-8(2)15-10(12)6-11-5-9(14-4)7-13-3/h8-9,11H,5-7H2,1-4H3. The molecule has 0 bridgehead atoms. The fourth-order valence-electron chi connectivity index (χ4n) is 1.04. The van der Waals surface area contributed by atoms with Crippen molar-refractivity contribution in [2.24, 2.45) is 0 Å². The number of rotatable bonds is 8. The number of nitrogens with one attached hydrogen (secondary N) is 1. The van der Waals surface area contributed by atoms with Crippen LogP contribution in [0.2, 0.25) is 0 Å². The van der Waals surface area contributed by atoms with E-state index in [4.69, 9.17) is 14.2 Å². The van der Waals surface area contributed by atoms with Gasteiger partial charge < -0.3 is 19.5 Å². The zero-order valence-corrected chi connectivity index (χ0v) is 9.91. The summed E-state index contributed by atoms with van der Waals surface area (Å²) in [7, 11) is 3.22. The third-order valence-electron chi connectivity index (χ3n) is 1.69. The number of ether oxygens (including phenoxy) is 3. The van der Waals surface area contributed by atoms with Gasteiger partial charge in [-0.25, -0.2) is 0 Å². The number of carbonyl (C=O) groups excluding carboxylic acids is 1. The van der Waals surface area contributed by atoms with Crippen molar-refractivity contribution in [1.29, 1.82) is 0 Å². The molecule has 0 fully saturated rings. The van der Waals surface area contributed by atoms with Crippen LogP contribution in [0.1, 0.15) is 13.8 Å². The first-order valence-corrected chi connectivity index (χ1v) is 5.02. The van der Waals surface area contributed by atoms with Crippen LogP contribution in [-0.2, 0) is 19.0 Å². The highest BCUT2D eigenvalue weighted by atomic mass is 16.5. The highest BCUT2D eigenvalue weighted by Crippen LogP contribution is 1.90. The predicted molar refractivity (Wildman–Crippen MR) is 56.8 cm³/mol. The average molecular weight is 219 g/mol. The largest absolute Gasteiger partial charge is 0.462 e. The van der Waals surface area contributed by atoms with Gasteiger partial charge in [-0.1, -0.05) is 0 Å². The van der Waals surface area contributed by atoms with Gasteiger partial charge in [0.05, 0.1) is 25.4 Å². The Kier molecular flexibility index (Phi) is 8.27.